The number of carbonyl (C=O) groups excluding carboxylic acids is 2. The highest BCUT2D eigenvalue weighted by molar-refractivity contribution is 7.89. The molecule has 0 saturated carbocycles. The Kier molecular flexibility index (Phi) is 6.75. The standard InChI is InChI=1S/C18H22N2O6S/c1-14-6-8-16(9-7-14)27(23,24)20(11-15-5-4-10-25-15)12-18(22)26-13-17(21)19(2)3/h4-10H,11-13H2,1-3H3. The molecule has 2 rings (SSSR count). The molecule has 0 saturated heterocycles. The van der Waals surface area contributed by atoms with Crippen LogP contribution in [0.1, 0.15) is 11.3 Å². The van der Waals surface area contributed by atoms with Crippen molar-refractivity contribution in [2.75, 3.05) is 27.2 Å². The summed E-state index contributed by atoms with van der Waals surface area (Å²) in [4.78, 5) is 25.0. The van der Waals surface area contributed by atoms with Gasteiger partial charge in [0.1, 0.15) is 12.3 Å². The zero-order chi connectivity index (χ0) is 20.0. The molecule has 0 atom stereocenters. The third-order valence-electron chi connectivity index (χ3n) is 3.73. The molecular weight excluding hydrogens is 372 g/mol. The first-order chi connectivity index (χ1) is 12.7. The van der Waals surface area contributed by atoms with Gasteiger partial charge in [0.25, 0.3) is 5.91 Å². The molecule has 1 amide bonds. The second-order valence-corrected chi connectivity index (χ2v) is 8.05. The number of nitrogens with zero attached hydrogens (tertiary/aromatic N) is 2. The Morgan fingerprint density at radius 2 is 1.78 bits per heavy atom. The van der Waals surface area contributed by atoms with Crippen molar-refractivity contribution in [3.05, 3.63) is 54.0 Å². The zero-order valence-electron chi connectivity index (χ0n) is 15.4. The van der Waals surface area contributed by atoms with E-state index in [2.05, 4.69) is 0 Å². The number of hydrogen-bond donors (Lipinski definition) is 0. The Morgan fingerprint density at radius 1 is 1.11 bits per heavy atom. The number of aryl methyl sites for hydroxylation is 1. The van der Waals surface area contributed by atoms with Crippen LogP contribution in [-0.2, 0) is 30.9 Å². The minimum absolute atomic E-state index is 0.0526. The minimum atomic E-state index is -3.97. The summed E-state index contributed by atoms with van der Waals surface area (Å²) < 4.78 is 37.0. The van der Waals surface area contributed by atoms with E-state index >= 15 is 0 Å². The fraction of sp³-hybridized carbons (Fsp3) is 0.333. The molecule has 0 aliphatic rings. The summed E-state index contributed by atoms with van der Waals surface area (Å²) >= 11 is 0. The summed E-state index contributed by atoms with van der Waals surface area (Å²) in [6, 6.07) is 9.53. The molecule has 8 nitrogen and oxygen atoms in total. The molecule has 0 aliphatic carbocycles. The van der Waals surface area contributed by atoms with Crippen molar-refractivity contribution in [3.8, 4) is 0 Å². The van der Waals surface area contributed by atoms with Crippen LogP contribution in [-0.4, -0.2) is 56.7 Å². The molecule has 0 spiro atoms. The molecule has 0 N–H and O–H groups in total. The first-order valence-corrected chi connectivity index (χ1v) is 9.59. The molecule has 2 aromatic rings. The average Bonchev–Trinajstić information content (AvgIpc) is 3.12. The van der Waals surface area contributed by atoms with E-state index in [1.807, 2.05) is 6.92 Å². The van der Waals surface area contributed by atoms with Gasteiger partial charge in [-0.2, -0.15) is 4.31 Å². The Labute approximate surface area is 158 Å². The molecule has 0 fully saturated rings. The van der Waals surface area contributed by atoms with Gasteiger partial charge in [0.05, 0.1) is 17.7 Å². The zero-order valence-corrected chi connectivity index (χ0v) is 16.2. The third-order valence-corrected chi connectivity index (χ3v) is 5.54. The van der Waals surface area contributed by atoms with E-state index in [1.54, 1.807) is 24.3 Å². The number of ether oxygens (including phenoxy) is 1. The van der Waals surface area contributed by atoms with Crippen LogP contribution in [0.4, 0.5) is 0 Å². The first-order valence-electron chi connectivity index (χ1n) is 8.15. The molecule has 27 heavy (non-hydrogen) atoms. The SMILES string of the molecule is Cc1ccc(S(=O)(=O)N(CC(=O)OCC(=O)N(C)C)Cc2ccco2)cc1. The highest BCUT2D eigenvalue weighted by atomic mass is 32.2. The number of furan rings is 1. The van der Waals surface area contributed by atoms with Crippen LogP contribution >= 0.6 is 0 Å². The van der Waals surface area contributed by atoms with Gasteiger partial charge in [-0.1, -0.05) is 17.7 Å². The molecular formula is C18H22N2O6S. The van der Waals surface area contributed by atoms with Crippen LogP contribution in [0.25, 0.3) is 0 Å². The van der Waals surface area contributed by atoms with E-state index in [-0.39, 0.29) is 11.4 Å². The van der Waals surface area contributed by atoms with Crippen LogP contribution in [0.3, 0.4) is 0 Å². The van der Waals surface area contributed by atoms with Crippen molar-refractivity contribution in [3.63, 3.8) is 0 Å². The predicted octanol–water partition coefficient (Wildman–Crippen LogP) is 1.41. The molecule has 146 valence electrons. The first kappa shape index (κ1) is 20.7. The molecule has 1 aromatic heterocycles. The summed E-state index contributed by atoms with van der Waals surface area (Å²) in [7, 11) is -0.909. The average molecular weight is 394 g/mol. The quantitative estimate of drug-likeness (QED) is 0.628. The van der Waals surface area contributed by atoms with E-state index in [0.717, 1.165) is 9.87 Å². The number of amides is 1. The minimum Gasteiger partial charge on any atom is -0.468 e. The van der Waals surface area contributed by atoms with Gasteiger partial charge in [-0.3, -0.25) is 9.59 Å². The molecule has 0 bridgehead atoms. The molecule has 0 aliphatic heterocycles. The lowest BCUT2D eigenvalue weighted by molar-refractivity contribution is -0.151. The topological polar surface area (TPSA) is 97.1 Å². The fourth-order valence-electron chi connectivity index (χ4n) is 2.12. The van der Waals surface area contributed by atoms with Gasteiger partial charge in [0.2, 0.25) is 10.0 Å². The second kappa shape index (κ2) is 8.83. The van der Waals surface area contributed by atoms with E-state index in [0.29, 0.717) is 5.76 Å². The largest absolute Gasteiger partial charge is 0.468 e. The molecule has 1 heterocycles. The molecule has 0 radical (unpaired) electrons. The van der Waals surface area contributed by atoms with Gasteiger partial charge in [-0.15, -0.1) is 0 Å². The van der Waals surface area contributed by atoms with Gasteiger partial charge in [0, 0.05) is 14.1 Å². The number of hydrogen-bond acceptors (Lipinski definition) is 6. The van der Waals surface area contributed by atoms with Gasteiger partial charge in [-0.25, -0.2) is 8.42 Å². The van der Waals surface area contributed by atoms with Crippen LogP contribution in [0, 0.1) is 6.92 Å². The number of likely N-dealkylation sites (N-methyl/N-ethyl adjacent to an activating group) is 1. The number of benzene rings is 1. The highest BCUT2D eigenvalue weighted by Crippen LogP contribution is 2.19. The lowest BCUT2D eigenvalue weighted by Gasteiger charge is -2.20. The number of carbonyl (C=O) groups is 2. The van der Waals surface area contributed by atoms with Gasteiger partial charge >= 0.3 is 5.97 Å². The maximum absolute atomic E-state index is 13.0. The van der Waals surface area contributed by atoms with Crippen molar-refractivity contribution in [2.24, 2.45) is 0 Å². The van der Waals surface area contributed by atoms with E-state index in [1.165, 1.54) is 37.4 Å². The second-order valence-electron chi connectivity index (χ2n) is 6.11. The number of esters is 1. The van der Waals surface area contributed by atoms with Crippen LogP contribution in [0.15, 0.2) is 52.0 Å². The Bertz CT molecular complexity index is 873. The normalized spacial score (nSPS) is 11.4. The van der Waals surface area contributed by atoms with Gasteiger partial charge in [-0.05, 0) is 31.2 Å². The van der Waals surface area contributed by atoms with Crippen molar-refractivity contribution >= 4 is 21.9 Å². The maximum Gasteiger partial charge on any atom is 0.321 e. The lowest BCUT2D eigenvalue weighted by Crippen LogP contribution is -2.37. The molecule has 0 unspecified atom stereocenters. The third kappa shape index (κ3) is 5.66. The van der Waals surface area contributed by atoms with Crippen molar-refractivity contribution < 1.29 is 27.2 Å². The molecule has 1 aromatic carbocycles. The van der Waals surface area contributed by atoms with Crippen molar-refractivity contribution in [1.29, 1.82) is 0 Å². The summed E-state index contributed by atoms with van der Waals surface area (Å²) in [5, 5.41) is 0. The number of rotatable bonds is 8. The predicted molar refractivity (Wildman–Crippen MR) is 97.1 cm³/mol. The van der Waals surface area contributed by atoms with Gasteiger partial charge in [0.15, 0.2) is 6.61 Å². The smallest absolute Gasteiger partial charge is 0.321 e. The Hall–Kier alpha value is -2.65. The fourth-order valence-corrected chi connectivity index (χ4v) is 3.47. The summed E-state index contributed by atoms with van der Waals surface area (Å²) in [5.74, 6) is -0.849. The van der Waals surface area contributed by atoms with E-state index < -0.39 is 35.1 Å². The maximum atomic E-state index is 13.0. The Morgan fingerprint density at radius 3 is 2.33 bits per heavy atom. The molecule has 9 heteroatoms. The van der Waals surface area contributed by atoms with Crippen LogP contribution in [0.5, 0.6) is 0 Å². The van der Waals surface area contributed by atoms with E-state index in [9.17, 15) is 18.0 Å². The summed E-state index contributed by atoms with van der Waals surface area (Å²) in [6.07, 6.45) is 1.42. The summed E-state index contributed by atoms with van der Waals surface area (Å²) in [6.45, 7) is 0.707. The monoisotopic (exact) mass is 394 g/mol. The summed E-state index contributed by atoms with van der Waals surface area (Å²) in [5.41, 5.74) is 0.910. The van der Waals surface area contributed by atoms with Crippen molar-refractivity contribution in [2.45, 2.75) is 18.4 Å². The van der Waals surface area contributed by atoms with Crippen molar-refractivity contribution in [1.82, 2.24) is 9.21 Å². The van der Waals surface area contributed by atoms with Crippen LogP contribution in [0.2, 0.25) is 0 Å². The lowest BCUT2D eigenvalue weighted by atomic mass is 10.2. The van der Waals surface area contributed by atoms with Crippen LogP contribution < -0.4 is 0 Å². The Balaban J connectivity index is 2.19. The van der Waals surface area contributed by atoms with E-state index in [4.69, 9.17) is 9.15 Å². The highest BCUT2D eigenvalue weighted by Gasteiger charge is 2.28. The van der Waals surface area contributed by atoms with Gasteiger partial charge < -0.3 is 14.1 Å². The number of sulfonamides is 1.